The Morgan fingerprint density at radius 3 is 1.55 bits per heavy atom. The van der Waals surface area contributed by atoms with Crippen LogP contribution in [-0.4, -0.2) is 76.0 Å². The minimum absolute atomic E-state index is 0.179. The van der Waals surface area contributed by atoms with E-state index < -0.39 is 23.6 Å². The van der Waals surface area contributed by atoms with E-state index in [4.69, 9.17) is 25.9 Å². The second-order valence-corrected chi connectivity index (χ2v) is 12.9. The Kier molecular flexibility index (Phi) is 11.2. The van der Waals surface area contributed by atoms with Crippen molar-refractivity contribution in [1.29, 1.82) is 0 Å². The van der Waals surface area contributed by atoms with Crippen LogP contribution >= 0.6 is 0 Å². The Labute approximate surface area is 321 Å². The number of aryl methyl sites for hydroxylation is 4. The predicted molar refractivity (Wildman–Crippen MR) is 209 cm³/mol. The maximum absolute atomic E-state index is 13.6. The average Bonchev–Trinajstić information content (AvgIpc) is 3.93. The third kappa shape index (κ3) is 7.66. The quantitative estimate of drug-likeness (QED) is 0.103. The number of nitrogens with one attached hydrogen (secondary N) is 2. The highest BCUT2D eigenvalue weighted by atomic mass is 16.5. The highest BCUT2D eigenvalue weighted by molar-refractivity contribution is 6.05. The number of anilines is 2. The molecule has 6 aromatic rings. The van der Waals surface area contributed by atoms with Crippen LogP contribution in [0.3, 0.4) is 0 Å². The molecule has 0 bridgehead atoms. The molecular formula is C38H44N12O6. The number of carbonyl (C=O) groups excluding carboxylic acids is 4. The summed E-state index contributed by atoms with van der Waals surface area (Å²) in [5.74, 6) is -1.09. The van der Waals surface area contributed by atoms with E-state index in [9.17, 15) is 19.2 Å². The van der Waals surface area contributed by atoms with Crippen LogP contribution in [0.2, 0.25) is 0 Å². The average molecular weight is 765 g/mol. The second-order valence-electron chi connectivity index (χ2n) is 12.9. The van der Waals surface area contributed by atoms with E-state index in [2.05, 4.69) is 25.8 Å². The van der Waals surface area contributed by atoms with Crippen LogP contribution in [0.15, 0.2) is 48.6 Å². The number of hydrogen-bond acceptors (Lipinski definition) is 10. The highest BCUT2D eigenvalue weighted by Gasteiger charge is 2.23. The maximum atomic E-state index is 13.6. The van der Waals surface area contributed by atoms with Gasteiger partial charge in [0.15, 0.2) is 0 Å². The first-order valence-electron chi connectivity index (χ1n) is 18.1. The van der Waals surface area contributed by atoms with Gasteiger partial charge in [-0.1, -0.05) is 19.1 Å². The maximum Gasteiger partial charge on any atom is 0.276 e. The molecule has 0 unspecified atom stereocenters. The number of allylic oxidation sites excluding steroid dienone is 2. The van der Waals surface area contributed by atoms with Gasteiger partial charge in [0.1, 0.15) is 33.9 Å². The summed E-state index contributed by atoms with van der Waals surface area (Å²) in [6.07, 6.45) is 4.39. The number of nitrogens with two attached hydrogens (primary N) is 2. The molecule has 0 fully saturated rings. The van der Waals surface area contributed by atoms with E-state index in [1.807, 2.05) is 32.9 Å². The van der Waals surface area contributed by atoms with Crippen LogP contribution in [0.25, 0.3) is 22.1 Å². The topological polar surface area (TPSA) is 234 Å². The van der Waals surface area contributed by atoms with Crippen molar-refractivity contribution in [1.82, 2.24) is 38.7 Å². The molecule has 292 valence electrons. The zero-order chi connectivity index (χ0) is 40.3. The first-order chi connectivity index (χ1) is 26.9. The molecule has 0 radical (unpaired) electrons. The highest BCUT2D eigenvalue weighted by Crippen LogP contribution is 2.33. The monoisotopic (exact) mass is 764 g/mol. The van der Waals surface area contributed by atoms with Crippen molar-refractivity contribution in [3.05, 3.63) is 82.5 Å². The van der Waals surface area contributed by atoms with Crippen LogP contribution in [0.1, 0.15) is 80.3 Å². The largest absolute Gasteiger partial charge is 0.494 e. The van der Waals surface area contributed by atoms with Crippen molar-refractivity contribution < 1.29 is 28.7 Å². The van der Waals surface area contributed by atoms with E-state index in [-0.39, 0.29) is 36.1 Å². The number of carbonyl (C=O) groups is 4. The normalized spacial score (nSPS) is 11.5. The molecule has 4 heterocycles. The standard InChI is InChI=1S/C38H44N12O6/c1-7-14-56-30-20-24(34(40)52)18-26-32(30)48(38(42-26)44-36(54)28-16-22(5)46-50(28)9-3)13-11-10-12-47-31-25(17-23(33(39)51)19-29(31)55-6)41-37(47)43-35(53)27-15-21(4)45-49(27)8-2/h10-11,15-20H,7-9,12-14H2,1-6H3,(H2,39,51)(H2,40,52)(H,41,43,53)(H,42,44,54)/b11-10+. The summed E-state index contributed by atoms with van der Waals surface area (Å²) in [5, 5.41) is 14.6. The molecule has 6 rings (SSSR count). The molecule has 0 aliphatic rings. The second kappa shape index (κ2) is 16.2. The van der Waals surface area contributed by atoms with Crippen molar-refractivity contribution in [3.8, 4) is 11.5 Å². The minimum atomic E-state index is -0.664. The number of imidazole rings is 2. The fourth-order valence-electron chi connectivity index (χ4n) is 6.40. The Hall–Kier alpha value is -6.98. The summed E-state index contributed by atoms with van der Waals surface area (Å²) >= 11 is 0. The summed E-state index contributed by atoms with van der Waals surface area (Å²) in [5.41, 5.74) is 15.5. The van der Waals surface area contributed by atoms with Gasteiger partial charge in [0.05, 0.1) is 36.1 Å². The fourth-order valence-corrected chi connectivity index (χ4v) is 6.40. The van der Waals surface area contributed by atoms with Crippen molar-refractivity contribution in [3.63, 3.8) is 0 Å². The van der Waals surface area contributed by atoms with Gasteiger partial charge in [-0.3, -0.25) is 39.2 Å². The van der Waals surface area contributed by atoms with Crippen LogP contribution < -0.4 is 31.6 Å². The van der Waals surface area contributed by atoms with Gasteiger partial charge in [-0.25, -0.2) is 9.97 Å². The molecule has 6 N–H and O–H groups in total. The summed E-state index contributed by atoms with van der Waals surface area (Å²) in [4.78, 5) is 61.1. The van der Waals surface area contributed by atoms with E-state index >= 15 is 0 Å². The van der Waals surface area contributed by atoms with Gasteiger partial charge in [0.25, 0.3) is 11.8 Å². The van der Waals surface area contributed by atoms with Gasteiger partial charge >= 0.3 is 0 Å². The summed E-state index contributed by atoms with van der Waals surface area (Å²) in [6, 6.07) is 9.55. The van der Waals surface area contributed by atoms with Crippen LogP contribution in [0.4, 0.5) is 11.9 Å². The number of aromatic nitrogens is 8. The number of nitrogens with zero attached hydrogens (tertiary/aromatic N) is 8. The predicted octanol–water partition coefficient (Wildman–Crippen LogP) is 4.19. The number of fused-ring (bicyclic) bond motifs is 2. The molecule has 2 aromatic carbocycles. The lowest BCUT2D eigenvalue weighted by Gasteiger charge is -2.13. The Balaban J connectivity index is 1.41. The smallest absolute Gasteiger partial charge is 0.276 e. The molecule has 0 aliphatic carbocycles. The Bertz CT molecular complexity index is 2520. The zero-order valence-corrected chi connectivity index (χ0v) is 32.0. The number of rotatable bonds is 16. The van der Waals surface area contributed by atoms with Gasteiger partial charge in [-0.05, 0) is 70.5 Å². The molecule has 18 nitrogen and oxygen atoms in total. The lowest BCUT2D eigenvalue weighted by atomic mass is 10.1. The van der Waals surface area contributed by atoms with Gasteiger partial charge in [-0.2, -0.15) is 10.2 Å². The molecule has 0 saturated heterocycles. The van der Waals surface area contributed by atoms with Crippen molar-refractivity contribution in [2.24, 2.45) is 11.5 Å². The fraction of sp³-hybridized carbons (Fsp3) is 0.316. The summed E-state index contributed by atoms with van der Waals surface area (Å²) < 4.78 is 18.5. The zero-order valence-electron chi connectivity index (χ0n) is 32.0. The number of ether oxygens (including phenoxy) is 2. The van der Waals surface area contributed by atoms with Crippen molar-refractivity contribution in [2.75, 3.05) is 24.4 Å². The Morgan fingerprint density at radius 2 is 1.14 bits per heavy atom. The minimum Gasteiger partial charge on any atom is -0.494 e. The first-order valence-corrected chi connectivity index (χ1v) is 18.1. The van der Waals surface area contributed by atoms with Crippen LogP contribution in [0.5, 0.6) is 11.5 Å². The molecule has 0 atom stereocenters. The van der Waals surface area contributed by atoms with E-state index in [1.165, 1.54) is 19.2 Å². The third-order valence-corrected chi connectivity index (χ3v) is 8.93. The van der Waals surface area contributed by atoms with Crippen molar-refractivity contribution >= 4 is 57.6 Å². The molecule has 4 amide bonds. The van der Waals surface area contributed by atoms with Gasteiger partial charge in [0, 0.05) is 37.3 Å². The van der Waals surface area contributed by atoms with Gasteiger partial charge < -0.3 is 30.1 Å². The number of methoxy groups -OCH3 is 1. The molecule has 0 aliphatic heterocycles. The Morgan fingerprint density at radius 1 is 0.696 bits per heavy atom. The summed E-state index contributed by atoms with van der Waals surface area (Å²) in [6.45, 7) is 11.0. The summed E-state index contributed by atoms with van der Waals surface area (Å²) in [7, 11) is 1.46. The van der Waals surface area contributed by atoms with E-state index in [0.717, 1.165) is 0 Å². The molecule has 56 heavy (non-hydrogen) atoms. The lowest BCUT2D eigenvalue weighted by Crippen LogP contribution is -2.20. The SMILES string of the molecule is CCCOc1cc(C(N)=O)cc2nc(NC(=O)c3cc(C)nn3CC)n(C/C=C/Cn3c(NC(=O)c4cc(C)nn4CC)nc4cc(C(N)=O)cc(OC)c43)c12. The van der Waals surface area contributed by atoms with Crippen LogP contribution in [-0.2, 0) is 26.2 Å². The molecule has 4 aromatic heterocycles. The van der Waals surface area contributed by atoms with Crippen molar-refractivity contribution in [2.45, 2.75) is 67.2 Å². The molecule has 0 saturated carbocycles. The number of primary amides is 2. The molecular weight excluding hydrogens is 720 g/mol. The number of benzene rings is 2. The number of amides is 4. The molecule has 0 spiro atoms. The first kappa shape index (κ1) is 38.7. The van der Waals surface area contributed by atoms with Gasteiger partial charge in [0.2, 0.25) is 23.7 Å². The number of hydrogen-bond donors (Lipinski definition) is 4. The lowest BCUT2D eigenvalue weighted by molar-refractivity contribution is 0.0991. The molecule has 18 heteroatoms. The van der Waals surface area contributed by atoms with E-state index in [1.54, 1.807) is 56.6 Å². The van der Waals surface area contributed by atoms with Crippen LogP contribution in [0, 0.1) is 13.8 Å². The van der Waals surface area contributed by atoms with E-state index in [0.29, 0.717) is 82.5 Å². The third-order valence-electron chi connectivity index (χ3n) is 8.93. The van der Waals surface area contributed by atoms with Gasteiger partial charge in [-0.15, -0.1) is 0 Å².